The smallest absolute Gasteiger partial charge is 0.756 e. The summed E-state index contributed by atoms with van der Waals surface area (Å²) in [6.07, 6.45) is 1.07. The van der Waals surface area contributed by atoms with Gasteiger partial charge in [-0.25, -0.2) is 0 Å². The molecular formula is C33H46GdN3O15P+3. The summed E-state index contributed by atoms with van der Waals surface area (Å²) >= 11 is 0. The van der Waals surface area contributed by atoms with E-state index in [0.717, 1.165) is 20.9 Å². The zero-order valence-corrected chi connectivity index (χ0v) is 31.9. The molecule has 0 spiro atoms. The van der Waals surface area contributed by atoms with Crippen LogP contribution in [0.3, 0.4) is 0 Å². The van der Waals surface area contributed by atoms with Crippen LogP contribution >= 0.6 is 7.82 Å². The molecule has 53 heavy (non-hydrogen) atoms. The van der Waals surface area contributed by atoms with E-state index in [4.69, 9.17) is 19.3 Å². The summed E-state index contributed by atoms with van der Waals surface area (Å²) < 4.78 is 23.8. The monoisotopic (exact) mass is 913 g/mol. The zero-order chi connectivity index (χ0) is 37.6. The maximum absolute atomic E-state index is 13.2. The fourth-order valence-corrected chi connectivity index (χ4v) is 7.37. The molecule has 0 aliphatic heterocycles. The van der Waals surface area contributed by atoms with E-state index in [1.165, 1.54) is 4.90 Å². The van der Waals surface area contributed by atoms with Crippen LogP contribution < -0.4 is 4.89 Å². The third-order valence-corrected chi connectivity index (χ3v) is 9.63. The number of aliphatic carboxylic acids is 5. The summed E-state index contributed by atoms with van der Waals surface area (Å²) in [5, 5.41) is 46.8. The summed E-state index contributed by atoms with van der Waals surface area (Å²) in [6, 6.07) is 18.4. The van der Waals surface area contributed by atoms with Crippen molar-refractivity contribution in [1.29, 1.82) is 0 Å². The van der Waals surface area contributed by atoms with Crippen LogP contribution in [0, 0.1) is 39.9 Å². The molecule has 0 heterocycles. The van der Waals surface area contributed by atoms with Gasteiger partial charge < -0.3 is 44.9 Å². The second-order valence-corrected chi connectivity index (χ2v) is 13.7. The van der Waals surface area contributed by atoms with E-state index < -0.39 is 95.7 Å². The van der Waals surface area contributed by atoms with Gasteiger partial charge in [-0.3, -0.25) is 43.2 Å². The first-order chi connectivity index (χ1) is 24.1. The molecule has 3 rings (SSSR count). The predicted molar refractivity (Wildman–Crippen MR) is 182 cm³/mol. The molecule has 1 saturated carbocycles. The Balaban J connectivity index is 0.00000702. The average molecular weight is 913 g/mol. The van der Waals surface area contributed by atoms with E-state index in [1.807, 2.05) is 60.7 Å². The maximum atomic E-state index is 13.2. The third-order valence-electron chi connectivity index (χ3n) is 8.61. The largest absolute Gasteiger partial charge is 3.00 e. The second kappa shape index (κ2) is 23.1. The molecular weight excluding hydrogens is 867 g/mol. The fraction of sp³-hybridized carbons (Fsp3) is 0.485. The molecule has 0 bridgehead atoms. The van der Waals surface area contributed by atoms with Crippen molar-refractivity contribution in [1.82, 2.24) is 14.7 Å². The van der Waals surface area contributed by atoms with Crippen LogP contribution in [0.15, 0.2) is 60.7 Å². The number of nitrogens with zero attached hydrogens (tertiary/aromatic N) is 3. The molecule has 2 atom stereocenters. The minimum Gasteiger partial charge on any atom is -0.756 e. The quantitative estimate of drug-likeness (QED) is 0.0735. The molecule has 8 N–H and O–H groups in total. The van der Waals surface area contributed by atoms with Gasteiger partial charge in [0.25, 0.3) is 7.82 Å². The van der Waals surface area contributed by atoms with E-state index in [9.17, 15) is 48.8 Å². The van der Waals surface area contributed by atoms with Gasteiger partial charge in [-0.1, -0.05) is 60.7 Å². The van der Waals surface area contributed by atoms with Crippen molar-refractivity contribution in [2.45, 2.75) is 43.2 Å². The van der Waals surface area contributed by atoms with Crippen LogP contribution in [-0.2, 0) is 48.5 Å². The van der Waals surface area contributed by atoms with E-state index >= 15 is 0 Å². The molecule has 1 radical (unpaired) electrons. The van der Waals surface area contributed by atoms with Gasteiger partial charge in [0.1, 0.15) is 0 Å². The number of hydrogen-bond donors (Lipinski definition) is 5. The van der Waals surface area contributed by atoms with E-state index in [-0.39, 0.29) is 63.9 Å². The number of rotatable bonds is 23. The minimum atomic E-state index is -5.09. The first kappa shape index (κ1) is 48.1. The number of benzene rings is 2. The van der Waals surface area contributed by atoms with Gasteiger partial charge in [0.2, 0.25) is 0 Å². The molecule has 1 aliphatic carbocycles. The molecule has 20 heteroatoms. The number of hydrogen-bond acceptors (Lipinski definition) is 12. The average Bonchev–Trinajstić information content (AvgIpc) is 3.05. The number of carboxylic acid groups (broad SMARTS) is 5. The topological polar surface area (TPSA) is 288 Å². The van der Waals surface area contributed by atoms with Gasteiger partial charge in [-0.05, 0) is 36.8 Å². The maximum Gasteiger partial charge on any atom is 3.00 e. The van der Waals surface area contributed by atoms with Crippen LogP contribution in [0.1, 0.15) is 36.8 Å². The first-order valence-corrected chi connectivity index (χ1v) is 17.6. The Morgan fingerprint density at radius 3 is 1.53 bits per heavy atom. The minimum absolute atomic E-state index is 0. The Bertz CT molecular complexity index is 1460. The number of carbonyl (C=O) groups is 5. The second-order valence-electron chi connectivity index (χ2n) is 12.3. The van der Waals surface area contributed by atoms with Gasteiger partial charge in [0, 0.05) is 31.1 Å². The van der Waals surface area contributed by atoms with Crippen molar-refractivity contribution in [3.63, 3.8) is 0 Å². The zero-order valence-electron chi connectivity index (χ0n) is 28.8. The molecule has 0 amide bonds. The third kappa shape index (κ3) is 16.5. The van der Waals surface area contributed by atoms with Crippen LogP contribution in [0.4, 0.5) is 0 Å². The molecule has 1 unspecified atom stereocenters. The molecule has 1 aliphatic rings. The fourth-order valence-electron chi connectivity index (χ4n) is 6.38. The van der Waals surface area contributed by atoms with Crippen molar-refractivity contribution < 1.29 is 113 Å². The summed E-state index contributed by atoms with van der Waals surface area (Å²) in [4.78, 5) is 73.7. The van der Waals surface area contributed by atoms with Gasteiger partial charge in [0.05, 0.1) is 45.4 Å². The Hall–Kier alpha value is -2.94. The number of phosphoric acid groups is 1. The van der Waals surface area contributed by atoms with Crippen LogP contribution in [-0.4, -0.2) is 141 Å². The summed E-state index contributed by atoms with van der Waals surface area (Å²) in [7, 11) is -5.09. The predicted octanol–water partition coefficient (Wildman–Crippen LogP) is 0.193. The normalized spacial score (nSPS) is 15.8. The van der Waals surface area contributed by atoms with Crippen molar-refractivity contribution in [3.05, 3.63) is 71.8 Å². The summed E-state index contributed by atoms with van der Waals surface area (Å²) in [5.41, 5.74) is 1.78. The van der Waals surface area contributed by atoms with Crippen molar-refractivity contribution in [2.24, 2.45) is 0 Å². The first-order valence-electron chi connectivity index (χ1n) is 16.1. The van der Waals surface area contributed by atoms with Crippen LogP contribution in [0.25, 0.3) is 0 Å². The van der Waals surface area contributed by atoms with Crippen LogP contribution in [0.2, 0.25) is 0 Å². The number of phosphoric ester groups is 1. The van der Waals surface area contributed by atoms with Crippen LogP contribution in [0.5, 0.6) is 0 Å². The Kier molecular flexibility index (Phi) is 20.9. The Morgan fingerprint density at radius 2 is 1.11 bits per heavy atom. The summed E-state index contributed by atoms with van der Waals surface area (Å²) in [6.45, 7) is -5.59. The van der Waals surface area contributed by atoms with Crippen molar-refractivity contribution in [3.8, 4) is 0 Å². The standard InChI is InChI=1S/C33H44N3O14P.Gd.H2O/c37-28(38)18-34(15-16-35(19-29(39)40)20-30(41)42)17-26(36(21-31(43)44)22-32(45)46)23-49-51(47,48)50-27-11-13-33(14-12-27,24-7-3-1-4-8-24)25-9-5-2-6-10-25;;/h1-10,26-27H,11-23H2,(H,37,38)(H,39,40)(H,41,42)(H,43,44)(H,45,46)(H,47,48);;1H2/q;+3;/t26-;;/m1../s1. The molecule has 293 valence electrons. The molecule has 0 saturated heterocycles. The molecule has 0 aromatic heterocycles. The van der Waals surface area contributed by atoms with Crippen molar-refractivity contribution >= 4 is 37.7 Å². The Labute approximate surface area is 337 Å². The van der Waals surface area contributed by atoms with E-state index in [2.05, 4.69) is 0 Å². The molecule has 2 aromatic rings. The summed E-state index contributed by atoms with van der Waals surface area (Å²) in [5.74, 6) is -6.95. The SMILES string of the molecule is O=C(O)CN(CCN(CC(=O)O)C[C@H](COP(=O)([O-])OC1CCC(c2ccccc2)(c2ccccc2)CC1)N(CC(=O)O)CC(=O)O)CC(=O)O.[Gd+3].[OH3+]. The van der Waals surface area contributed by atoms with Gasteiger partial charge in [0.15, 0.2) is 0 Å². The van der Waals surface area contributed by atoms with Gasteiger partial charge in [-0.2, -0.15) is 0 Å². The molecule has 18 nitrogen and oxygen atoms in total. The van der Waals surface area contributed by atoms with Crippen molar-refractivity contribution in [2.75, 3.05) is 59.0 Å². The molecule has 1 fully saturated rings. The van der Waals surface area contributed by atoms with E-state index in [0.29, 0.717) is 25.7 Å². The number of carboxylic acids is 5. The van der Waals surface area contributed by atoms with Gasteiger partial charge in [-0.15, -0.1) is 0 Å². The molecule has 2 aromatic carbocycles. The Morgan fingerprint density at radius 1 is 0.717 bits per heavy atom. The van der Waals surface area contributed by atoms with Gasteiger partial charge >= 0.3 is 69.8 Å². The van der Waals surface area contributed by atoms with E-state index in [1.54, 1.807) is 0 Å².